The van der Waals surface area contributed by atoms with Gasteiger partial charge in [-0.3, -0.25) is 0 Å². The number of nitrogens with zero attached hydrogens (tertiary/aromatic N) is 4. The predicted octanol–water partition coefficient (Wildman–Crippen LogP) is 2.52. The molecule has 6 heteroatoms. The van der Waals surface area contributed by atoms with Gasteiger partial charge in [0.1, 0.15) is 5.82 Å². The molecule has 0 saturated heterocycles. The lowest BCUT2D eigenvalue weighted by atomic mass is 10.4. The molecule has 0 amide bonds. The normalized spacial score (nSPS) is 10.2. The zero-order valence-corrected chi connectivity index (χ0v) is 11.0. The Kier molecular flexibility index (Phi) is 3.98. The van der Waals surface area contributed by atoms with Gasteiger partial charge in [0.05, 0.1) is 4.47 Å². The summed E-state index contributed by atoms with van der Waals surface area (Å²) in [6, 6.07) is 1.76. The number of aromatic nitrogens is 4. The zero-order valence-electron chi connectivity index (χ0n) is 9.39. The van der Waals surface area contributed by atoms with Crippen LogP contribution in [-0.4, -0.2) is 26.5 Å². The fourth-order valence-corrected chi connectivity index (χ4v) is 1.59. The van der Waals surface area contributed by atoms with E-state index >= 15 is 0 Å². The first-order valence-corrected chi connectivity index (χ1v) is 6.14. The summed E-state index contributed by atoms with van der Waals surface area (Å²) >= 11 is 3.40. The van der Waals surface area contributed by atoms with E-state index in [1.165, 1.54) is 0 Å². The summed E-state index contributed by atoms with van der Waals surface area (Å²) in [6.45, 7) is 2.97. The van der Waals surface area contributed by atoms with Gasteiger partial charge in [0.25, 0.3) is 0 Å². The molecule has 0 aliphatic rings. The SMILES string of the molecule is CCCNc1nc(-c2ncccn2)ncc1Br. The minimum atomic E-state index is 0.521. The van der Waals surface area contributed by atoms with Gasteiger partial charge in [0.2, 0.25) is 0 Å². The number of nitrogens with one attached hydrogen (secondary N) is 1. The second kappa shape index (κ2) is 5.67. The van der Waals surface area contributed by atoms with Crippen LogP contribution < -0.4 is 5.32 Å². The monoisotopic (exact) mass is 293 g/mol. The molecule has 2 rings (SSSR count). The van der Waals surface area contributed by atoms with E-state index in [1.54, 1.807) is 24.7 Å². The molecule has 0 spiro atoms. The molecular weight excluding hydrogens is 282 g/mol. The Bertz CT molecular complexity index is 488. The highest BCUT2D eigenvalue weighted by Crippen LogP contribution is 2.21. The van der Waals surface area contributed by atoms with Crippen molar-refractivity contribution in [3.8, 4) is 11.6 Å². The molecule has 0 atom stereocenters. The maximum atomic E-state index is 4.39. The van der Waals surface area contributed by atoms with Crippen LogP contribution in [0.2, 0.25) is 0 Å². The summed E-state index contributed by atoms with van der Waals surface area (Å²) < 4.78 is 0.839. The highest BCUT2D eigenvalue weighted by molar-refractivity contribution is 9.10. The summed E-state index contributed by atoms with van der Waals surface area (Å²) in [7, 11) is 0. The maximum Gasteiger partial charge on any atom is 0.199 e. The van der Waals surface area contributed by atoms with Crippen LogP contribution >= 0.6 is 15.9 Å². The number of hydrogen-bond donors (Lipinski definition) is 1. The molecule has 2 aromatic heterocycles. The molecule has 1 N–H and O–H groups in total. The fraction of sp³-hybridized carbons (Fsp3) is 0.273. The summed E-state index contributed by atoms with van der Waals surface area (Å²) in [4.78, 5) is 16.8. The molecule has 5 nitrogen and oxygen atoms in total. The van der Waals surface area contributed by atoms with Gasteiger partial charge in [-0.05, 0) is 28.4 Å². The molecule has 17 heavy (non-hydrogen) atoms. The van der Waals surface area contributed by atoms with E-state index in [9.17, 15) is 0 Å². The molecule has 0 fully saturated rings. The van der Waals surface area contributed by atoms with Gasteiger partial charge in [0, 0.05) is 25.1 Å². The molecule has 0 aliphatic carbocycles. The van der Waals surface area contributed by atoms with Crippen molar-refractivity contribution in [2.45, 2.75) is 13.3 Å². The van der Waals surface area contributed by atoms with E-state index in [2.05, 4.69) is 48.1 Å². The first-order chi connectivity index (χ1) is 8.31. The first kappa shape index (κ1) is 11.9. The number of hydrogen-bond acceptors (Lipinski definition) is 5. The van der Waals surface area contributed by atoms with E-state index in [4.69, 9.17) is 0 Å². The van der Waals surface area contributed by atoms with Gasteiger partial charge >= 0.3 is 0 Å². The van der Waals surface area contributed by atoms with Gasteiger partial charge in [-0.1, -0.05) is 6.92 Å². The van der Waals surface area contributed by atoms with Crippen molar-refractivity contribution < 1.29 is 0 Å². The molecule has 2 aromatic rings. The molecule has 88 valence electrons. The fourth-order valence-electron chi connectivity index (χ4n) is 1.26. The average Bonchev–Trinajstić information content (AvgIpc) is 2.39. The summed E-state index contributed by atoms with van der Waals surface area (Å²) in [6.07, 6.45) is 6.09. The van der Waals surface area contributed by atoms with E-state index in [1.807, 2.05) is 0 Å². The average molecular weight is 294 g/mol. The lowest BCUT2D eigenvalue weighted by Gasteiger charge is -2.07. The van der Waals surface area contributed by atoms with E-state index in [0.29, 0.717) is 11.6 Å². The van der Waals surface area contributed by atoms with Crippen molar-refractivity contribution in [2.24, 2.45) is 0 Å². The molecule has 0 radical (unpaired) electrons. The Morgan fingerprint density at radius 2 is 1.94 bits per heavy atom. The molecule has 2 heterocycles. The largest absolute Gasteiger partial charge is 0.369 e. The van der Waals surface area contributed by atoms with Gasteiger partial charge < -0.3 is 5.32 Å². The third-order valence-corrected chi connectivity index (χ3v) is 2.63. The van der Waals surface area contributed by atoms with Crippen LogP contribution in [0.3, 0.4) is 0 Å². The molecular formula is C11H12BrN5. The summed E-state index contributed by atoms with van der Waals surface area (Å²) in [5.74, 6) is 1.82. The topological polar surface area (TPSA) is 63.6 Å². The van der Waals surface area contributed by atoms with Crippen molar-refractivity contribution in [2.75, 3.05) is 11.9 Å². The Morgan fingerprint density at radius 1 is 1.18 bits per heavy atom. The van der Waals surface area contributed by atoms with Crippen LogP contribution in [0, 0.1) is 0 Å². The van der Waals surface area contributed by atoms with Crippen LogP contribution in [0.15, 0.2) is 29.1 Å². The molecule has 0 aliphatic heterocycles. The Balaban J connectivity index is 2.31. The number of halogens is 1. The quantitative estimate of drug-likeness (QED) is 0.938. The maximum absolute atomic E-state index is 4.39. The number of anilines is 1. The van der Waals surface area contributed by atoms with Crippen LogP contribution in [-0.2, 0) is 0 Å². The third-order valence-electron chi connectivity index (χ3n) is 2.05. The van der Waals surface area contributed by atoms with Crippen molar-refractivity contribution in [1.82, 2.24) is 19.9 Å². The summed E-state index contributed by atoms with van der Waals surface area (Å²) in [5.41, 5.74) is 0. The predicted molar refractivity (Wildman–Crippen MR) is 69.5 cm³/mol. The zero-order chi connectivity index (χ0) is 12.1. The van der Waals surface area contributed by atoms with Crippen molar-refractivity contribution >= 4 is 21.7 Å². The van der Waals surface area contributed by atoms with E-state index < -0.39 is 0 Å². The highest BCUT2D eigenvalue weighted by Gasteiger charge is 2.07. The Labute approximate surface area is 108 Å². The second-order valence-corrected chi connectivity index (χ2v) is 4.24. The molecule has 0 bridgehead atoms. The van der Waals surface area contributed by atoms with E-state index in [0.717, 1.165) is 23.3 Å². The smallest absolute Gasteiger partial charge is 0.199 e. The van der Waals surface area contributed by atoms with Crippen molar-refractivity contribution in [1.29, 1.82) is 0 Å². The van der Waals surface area contributed by atoms with Crippen LogP contribution in [0.25, 0.3) is 11.6 Å². The van der Waals surface area contributed by atoms with Crippen LogP contribution in [0.1, 0.15) is 13.3 Å². The first-order valence-electron chi connectivity index (χ1n) is 5.35. The molecule has 0 saturated carbocycles. The highest BCUT2D eigenvalue weighted by atomic mass is 79.9. The van der Waals surface area contributed by atoms with Crippen molar-refractivity contribution in [3.05, 3.63) is 29.1 Å². The Morgan fingerprint density at radius 3 is 2.65 bits per heavy atom. The summed E-state index contributed by atoms with van der Waals surface area (Å²) in [5, 5.41) is 3.22. The lowest BCUT2D eigenvalue weighted by molar-refractivity contribution is 0.960. The molecule has 0 aromatic carbocycles. The standard InChI is InChI=1S/C11H12BrN5/c1-2-4-13-9-8(12)7-16-11(17-9)10-14-5-3-6-15-10/h3,5-7H,2,4H2,1H3,(H,13,16,17). The third kappa shape index (κ3) is 2.97. The minimum absolute atomic E-state index is 0.521. The van der Waals surface area contributed by atoms with Gasteiger partial charge in [0.15, 0.2) is 11.6 Å². The van der Waals surface area contributed by atoms with E-state index in [-0.39, 0.29) is 0 Å². The second-order valence-electron chi connectivity index (χ2n) is 3.39. The minimum Gasteiger partial charge on any atom is -0.369 e. The Hall–Kier alpha value is -1.56. The number of rotatable bonds is 4. The molecule has 0 unspecified atom stereocenters. The van der Waals surface area contributed by atoms with Gasteiger partial charge in [-0.15, -0.1) is 0 Å². The van der Waals surface area contributed by atoms with Crippen LogP contribution in [0.4, 0.5) is 5.82 Å². The lowest BCUT2D eigenvalue weighted by Crippen LogP contribution is -2.05. The van der Waals surface area contributed by atoms with Crippen LogP contribution in [0.5, 0.6) is 0 Å². The van der Waals surface area contributed by atoms with Gasteiger partial charge in [-0.25, -0.2) is 19.9 Å². The van der Waals surface area contributed by atoms with Crippen molar-refractivity contribution in [3.63, 3.8) is 0 Å². The van der Waals surface area contributed by atoms with Gasteiger partial charge in [-0.2, -0.15) is 0 Å².